The van der Waals surface area contributed by atoms with E-state index in [1.165, 1.54) is 6.08 Å². The molecule has 10 heteroatoms. The first-order chi connectivity index (χ1) is 16.9. The molecule has 10 nitrogen and oxygen atoms in total. The number of nitrogens with zero attached hydrogens (tertiary/aromatic N) is 5. The Hall–Kier alpha value is -4.73. The van der Waals surface area contributed by atoms with Crippen molar-refractivity contribution in [1.82, 2.24) is 24.7 Å². The van der Waals surface area contributed by atoms with Crippen LogP contribution in [0.15, 0.2) is 60.7 Å². The van der Waals surface area contributed by atoms with E-state index >= 15 is 0 Å². The molecule has 3 N–H and O–H groups in total. The molecule has 0 saturated carbocycles. The maximum Gasteiger partial charge on any atom is 0.331 e. The summed E-state index contributed by atoms with van der Waals surface area (Å²) >= 11 is 0. The van der Waals surface area contributed by atoms with Crippen LogP contribution in [-0.2, 0) is 16.1 Å². The molecule has 0 aliphatic rings. The van der Waals surface area contributed by atoms with Crippen LogP contribution in [0.1, 0.15) is 22.8 Å². The fourth-order valence-corrected chi connectivity index (χ4v) is 3.48. The van der Waals surface area contributed by atoms with Crippen LogP contribution >= 0.6 is 0 Å². The van der Waals surface area contributed by atoms with Crippen molar-refractivity contribution in [1.29, 1.82) is 0 Å². The first-order valence-corrected chi connectivity index (χ1v) is 10.8. The molecule has 0 fully saturated rings. The summed E-state index contributed by atoms with van der Waals surface area (Å²) in [6, 6.07) is 17.1. The summed E-state index contributed by atoms with van der Waals surface area (Å²) in [5.41, 5.74) is 9.97. The fraction of sp³-hybridized carbons (Fsp3) is 0.160. The second-order valence-electron chi connectivity index (χ2n) is 7.53. The van der Waals surface area contributed by atoms with Crippen molar-refractivity contribution in [3.63, 3.8) is 0 Å². The van der Waals surface area contributed by atoms with Crippen LogP contribution in [0.4, 0.5) is 17.6 Å². The van der Waals surface area contributed by atoms with Crippen molar-refractivity contribution < 1.29 is 14.3 Å². The van der Waals surface area contributed by atoms with E-state index in [1.807, 2.05) is 67.1 Å². The Kier molecular flexibility index (Phi) is 7.01. The van der Waals surface area contributed by atoms with Crippen LogP contribution in [0.5, 0.6) is 5.75 Å². The number of hydrogen-bond donors (Lipinski definition) is 2. The summed E-state index contributed by atoms with van der Waals surface area (Å²) in [5.74, 6) is 0.489. The highest BCUT2D eigenvalue weighted by Gasteiger charge is 2.12. The van der Waals surface area contributed by atoms with Gasteiger partial charge in [-0.25, -0.2) is 9.48 Å². The number of nitrogen functional groups attached to an aromatic ring is 1. The molecule has 0 unspecified atom stereocenters. The second-order valence-corrected chi connectivity index (χ2v) is 7.53. The molecule has 0 aliphatic heterocycles. The lowest BCUT2D eigenvalue weighted by molar-refractivity contribution is -0.139. The van der Waals surface area contributed by atoms with Gasteiger partial charge in [0.2, 0.25) is 11.9 Å². The van der Waals surface area contributed by atoms with Crippen LogP contribution < -0.4 is 15.8 Å². The zero-order valence-electron chi connectivity index (χ0n) is 19.6. The second kappa shape index (κ2) is 10.5. The number of rotatable bonds is 8. The van der Waals surface area contributed by atoms with E-state index in [4.69, 9.17) is 15.2 Å². The Balaban J connectivity index is 1.42. The van der Waals surface area contributed by atoms with Gasteiger partial charge in [0.05, 0.1) is 24.2 Å². The molecule has 4 aromatic rings. The lowest BCUT2D eigenvalue weighted by Gasteiger charge is -2.10. The number of hydrogen-bond acceptors (Lipinski definition) is 9. The van der Waals surface area contributed by atoms with Crippen LogP contribution in [0, 0.1) is 13.8 Å². The number of anilines is 3. The van der Waals surface area contributed by atoms with E-state index in [1.54, 1.807) is 19.3 Å². The number of carbonyl (C=O) groups is 1. The van der Waals surface area contributed by atoms with Crippen molar-refractivity contribution in [2.45, 2.75) is 20.5 Å². The van der Waals surface area contributed by atoms with Gasteiger partial charge in [0.25, 0.3) is 0 Å². The lowest BCUT2D eigenvalue weighted by atomic mass is 10.2. The van der Waals surface area contributed by atoms with E-state index in [0.29, 0.717) is 11.4 Å². The first-order valence-electron chi connectivity index (χ1n) is 10.8. The minimum absolute atomic E-state index is 0.00133. The molecule has 0 bridgehead atoms. The average Bonchev–Trinajstić information content (AvgIpc) is 3.15. The van der Waals surface area contributed by atoms with Gasteiger partial charge >= 0.3 is 5.97 Å². The van der Waals surface area contributed by atoms with Gasteiger partial charge in [-0.15, -0.1) is 0 Å². The Morgan fingerprint density at radius 3 is 2.57 bits per heavy atom. The average molecular weight is 472 g/mol. The minimum Gasteiger partial charge on any atom is -0.495 e. The first kappa shape index (κ1) is 23.4. The Labute approximate surface area is 202 Å². The standard InChI is InChI=1S/C25H25N7O3/c1-16-19(17(2)32(31-16)18-9-5-4-6-10-18)13-14-23(33)35-15-22-28-24(26)30-25(29-22)27-20-11-7-8-12-21(20)34-3/h4-14H,15H2,1-3H3,(H3,26,27,28,29,30)/b14-13+. The molecule has 0 radical (unpaired) electrons. The number of nitrogens with one attached hydrogen (secondary N) is 1. The van der Waals surface area contributed by atoms with Gasteiger partial charge in [0.15, 0.2) is 12.4 Å². The van der Waals surface area contributed by atoms with Gasteiger partial charge in [-0.1, -0.05) is 30.3 Å². The topological polar surface area (TPSA) is 130 Å². The van der Waals surface area contributed by atoms with Crippen molar-refractivity contribution in [2.24, 2.45) is 0 Å². The minimum atomic E-state index is -0.547. The quantitative estimate of drug-likeness (QED) is 0.291. The molecule has 2 aromatic heterocycles. The third-order valence-corrected chi connectivity index (χ3v) is 5.13. The molecular formula is C25H25N7O3. The number of benzene rings is 2. The van der Waals surface area contributed by atoms with E-state index in [0.717, 1.165) is 22.6 Å². The molecule has 0 atom stereocenters. The normalized spacial score (nSPS) is 10.9. The predicted molar refractivity (Wildman–Crippen MR) is 132 cm³/mol. The maximum absolute atomic E-state index is 12.4. The number of esters is 1. The van der Waals surface area contributed by atoms with Crippen molar-refractivity contribution in [3.8, 4) is 11.4 Å². The molecule has 0 amide bonds. The van der Waals surface area contributed by atoms with Gasteiger partial charge in [0, 0.05) is 17.3 Å². The summed E-state index contributed by atoms with van der Waals surface area (Å²) in [4.78, 5) is 24.8. The number of ether oxygens (including phenoxy) is 2. The van der Waals surface area contributed by atoms with E-state index < -0.39 is 5.97 Å². The molecular weight excluding hydrogens is 446 g/mol. The summed E-state index contributed by atoms with van der Waals surface area (Å²) in [7, 11) is 1.57. The number of aryl methyl sites for hydroxylation is 1. The Morgan fingerprint density at radius 2 is 1.80 bits per heavy atom. The van der Waals surface area contributed by atoms with Gasteiger partial charge in [-0.05, 0) is 44.2 Å². The molecule has 35 heavy (non-hydrogen) atoms. The largest absolute Gasteiger partial charge is 0.495 e. The summed E-state index contributed by atoms with van der Waals surface area (Å²) in [6.45, 7) is 3.67. The van der Waals surface area contributed by atoms with Crippen LogP contribution in [0.3, 0.4) is 0 Å². The third kappa shape index (κ3) is 5.61. The number of para-hydroxylation sites is 3. The zero-order chi connectivity index (χ0) is 24.8. The van der Waals surface area contributed by atoms with Gasteiger partial charge in [0.1, 0.15) is 5.75 Å². The molecule has 178 valence electrons. The van der Waals surface area contributed by atoms with Crippen molar-refractivity contribution >= 4 is 29.6 Å². The highest BCUT2D eigenvalue weighted by atomic mass is 16.5. The van der Waals surface area contributed by atoms with Crippen LogP contribution in [0.2, 0.25) is 0 Å². The van der Waals surface area contributed by atoms with Gasteiger partial charge in [-0.3, -0.25) is 0 Å². The summed E-state index contributed by atoms with van der Waals surface area (Å²) in [6.07, 6.45) is 3.04. The molecule has 4 rings (SSSR count). The molecule has 2 heterocycles. The van der Waals surface area contributed by atoms with E-state index in [2.05, 4.69) is 25.4 Å². The predicted octanol–water partition coefficient (Wildman–Crippen LogP) is 3.77. The summed E-state index contributed by atoms with van der Waals surface area (Å²) < 4.78 is 12.5. The smallest absolute Gasteiger partial charge is 0.331 e. The SMILES string of the molecule is COc1ccccc1Nc1nc(N)nc(COC(=O)/C=C/c2c(C)nn(-c3ccccc3)c2C)n1. The highest BCUT2D eigenvalue weighted by molar-refractivity contribution is 5.87. The molecule has 0 spiro atoms. The van der Waals surface area contributed by atoms with E-state index in [-0.39, 0.29) is 24.3 Å². The number of nitrogens with two attached hydrogens (primary N) is 1. The Bertz CT molecular complexity index is 1370. The maximum atomic E-state index is 12.4. The monoisotopic (exact) mass is 471 g/mol. The number of aromatic nitrogens is 5. The Morgan fingerprint density at radius 1 is 1.06 bits per heavy atom. The lowest BCUT2D eigenvalue weighted by Crippen LogP contribution is -2.10. The van der Waals surface area contributed by atoms with Crippen LogP contribution in [0.25, 0.3) is 11.8 Å². The third-order valence-electron chi connectivity index (χ3n) is 5.13. The number of carbonyl (C=O) groups excluding carboxylic acids is 1. The molecule has 2 aromatic carbocycles. The van der Waals surface area contributed by atoms with Crippen molar-refractivity contribution in [2.75, 3.05) is 18.2 Å². The van der Waals surface area contributed by atoms with Crippen LogP contribution in [-0.4, -0.2) is 37.8 Å². The number of methoxy groups -OCH3 is 1. The molecule has 0 saturated heterocycles. The van der Waals surface area contributed by atoms with Gasteiger partial charge < -0.3 is 20.5 Å². The van der Waals surface area contributed by atoms with Crippen molar-refractivity contribution in [3.05, 3.63) is 83.4 Å². The fourth-order valence-electron chi connectivity index (χ4n) is 3.48. The molecule has 0 aliphatic carbocycles. The summed E-state index contributed by atoms with van der Waals surface area (Å²) in [5, 5.41) is 7.61. The van der Waals surface area contributed by atoms with Gasteiger partial charge in [-0.2, -0.15) is 20.1 Å². The highest BCUT2D eigenvalue weighted by Crippen LogP contribution is 2.25. The van der Waals surface area contributed by atoms with E-state index in [9.17, 15) is 4.79 Å². The zero-order valence-corrected chi connectivity index (χ0v) is 19.6.